The fourth-order valence-corrected chi connectivity index (χ4v) is 5.82. The minimum atomic E-state index is -0.521. The third kappa shape index (κ3) is 6.78. The number of carbonyl (C=O) groups is 3. The van der Waals surface area contributed by atoms with E-state index >= 15 is 0 Å². The molecule has 1 saturated carbocycles. The van der Waals surface area contributed by atoms with Crippen LogP contribution < -0.4 is 0 Å². The van der Waals surface area contributed by atoms with E-state index in [4.69, 9.17) is 16.3 Å². The minimum Gasteiger partial charge on any atom is -0.425 e. The van der Waals surface area contributed by atoms with Crippen LogP contribution in [-0.2, 0) is 14.3 Å². The molecule has 0 radical (unpaired) electrons. The summed E-state index contributed by atoms with van der Waals surface area (Å²) in [6, 6.07) is 14.9. The number of benzene rings is 2. The highest BCUT2D eigenvalue weighted by Gasteiger charge is 2.39. The number of allylic oxidation sites excluding steroid dienone is 1. The Hall–Kier alpha value is -2.72. The van der Waals surface area contributed by atoms with Crippen molar-refractivity contribution in [1.82, 2.24) is 0 Å². The van der Waals surface area contributed by atoms with E-state index in [1.165, 1.54) is 31.2 Å². The number of esters is 1. The van der Waals surface area contributed by atoms with E-state index in [9.17, 15) is 14.4 Å². The topological polar surface area (TPSA) is 60.4 Å². The molecule has 0 bridgehead atoms. The molecule has 0 unspecified atom stereocenters. The first-order valence-corrected chi connectivity index (χ1v) is 14.3. The molecule has 1 fully saturated rings. The molecule has 0 amide bonds. The summed E-state index contributed by atoms with van der Waals surface area (Å²) in [6.45, 7) is 2.20. The summed E-state index contributed by atoms with van der Waals surface area (Å²) >= 11 is 6.05. The normalized spacial score (nSPS) is 19.6. The predicted octanol–water partition coefficient (Wildman–Crippen LogP) is 8.47. The van der Waals surface area contributed by atoms with Crippen molar-refractivity contribution >= 4 is 34.9 Å². The zero-order valence-electron chi connectivity index (χ0n) is 21.8. The molecule has 0 heterocycles. The van der Waals surface area contributed by atoms with E-state index in [2.05, 4.69) is 19.1 Å². The Bertz CT molecular complexity index is 1140. The number of rotatable bonds is 11. The molecule has 2 aliphatic carbocycles. The van der Waals surface area contributed by atoms with E-state index in [1.54, 1.807) is 18.2 Å². The second-order valence-electron chi connectivity index (χ2n) is 10.4. The van der Waals surface area contributed by atoms with Gasteiger partial charge in [-0.05, 0) is 61.6 Å². The van der Waals surface area contributed by atoms with Gasteiger partial charge in [-0.2, -0.15) is 0 Å². The Morgan fingerprint density at radius 1 is 0.784 bits per heavy atom. The van der Waals surface area contributed by atoms with Crippen LogP contribution >= 0.6 is 11.6 Å². The first-order valence-electron chi connectivity index (χ1n) is 13.9. The maximum Gasteiger partial charge on any atom is 0.311 e. The predicted molar refractivity (Wildman–Crippen MR) is 148 cm³/mol. The Morgan fingerprint density at radius 2 is 1.38 bits per heavy atom. The summed E-state index contributed by atoms with van der Waals surface area (Å²) in [4.78, 5) is 39.2. The van der Waals surface area contributed by atoms with Gasteiger partial charge in [0.05, 0.1) is 5.57 Å². The molecule has 0 N–H and O–H groups in total. The van der Waals surface area contributed by atoms with Gasteiger partial charge in [-0.3, -0.25) is 14.4 Å². The summed E-state index contributed by atoms with van der Waals surface area (Å²) in [5.41, 5.74) is 2.53. The van der Waals surface area contributed by atoms with Gasteiger partial charge in [-0.15, -0.1) is 0 Å². The van der Waals surface area contributed by atoms with Gasteiger partial charge in [-0.1, -0.05) is 93.4 Å². The lowest BCUT2D eigenvalue weighted by molar-refractivity contribution is -0.136. The van der Waals surface area contributed by atoms with Crippen molar-refractivity contribution in [2.75, 3.05) is 0 Å². The number of fused-ring (bicyclic) bond motifs is 1. The molecule has 196 valence electrons. The van der Waals surface area contributed by atoms with Gasteiger partial charge in [0, 0.05) is 22.6 Å². The quantitative estimate of drug-likeness (QED) is 0.169. The Balaban J connectivity index is 1.48. The number of hydrogen-bond donors (Lipinski definition) is 0. The van der Waals surface area contributed by atoms with Crippen LogP contribution in [0.4, 0.5) is 0 Å². The van der Waals surface area contributed by atoms with Crippen molar-refractivity contribution in [2.45, 2.75) is 89.9 Å². The van der Waals surface area contributed by atoms with E-state index in [0.29, 0.717) is 34.8 Å². The molecule has 0 spiro atoms. The number of carbonyl (C=O) groups excluding carboxylic acids is 3. The first-order chi connectivity index (χ1) is 18.0. The zero-order valence-corrected chi connectivity index (χ0v) is 22.5. The molecule has 5 heteroatoms. The van der Waals surface area contributed by atoms with E-state index in [1.807, 2.05) is 18.2 Å². The molecule has 2 aromatic rings. The van der Waals surface area contributed by atoms with E-state index in [0.717, 1.165) is 50.0 Å². The molecule has 0 aliphatic heterocycles. The van der Waals surface area contributed by atoms with E-state index < -0.39 is 11.6 Å². The summed E-state index contributed by atoms with van der Waals surface area (Å²) in [7, 11) is 0. The molecular weight excluding hydrogens is 484 g/mol. The second kappa shape index (κ2) is 13.2. The number of ketones is 2. The first kappa shape index (κ1) is 27.3. The molecule has 0 saturated heterocycles. The Kier molecular flexibility index (Phi) is 9.74. The number of Topliss-reactive ketones (excluding diaryl/α,β-unsaturated/α-hetero) is 2. The highest BCUT2D eigenvalue weighted by atomic mass is 35.5. The third-order valence-electron chi connectivity index (χ3n) is 7.79. The lowest BCUT2D eigenvalue weighted by Crippen LogP contribution is -2.31. The smallest absolute Gasteiger partial charge is 0.311 e. The Labute approximate surface area is 225 Å². The van der Waals surface area contributed by atoms with Crippen LogP contribution in [-0.4, -0.2) is 17.5 Å². The molecule has 2 aromatic carbocycles. The van der Waals surface area contributed by atoms with Crippen molar-refractivity contribution in [3.63, 3.8) is 0 Å². The number of halogens is 1. The van der Waals surface area contributed by atoms with Crippen LogP contribution in [0.25, 0.3) is 5.76 Å². The van der Waals surface area contributed by atoms with Crippen LogP contribution in [0.5, 0.6) is 0 Å². The van der Waals surface area contributed by atoms with Gasteiger partial charge in [0.2, 0.25) is 11.6 Å². The number of hydrogen-bond acceptors (Lipinski definition) is 4. The zero-order chi connectivity index (χ0) is 26.2. The molecule has 0 aromatic heterocycles. The van der Waals surface area contributed by atoms with Crippen molar-refractivity contribution in [3.05, 3.63) is 75.8 Å². The van der Waals surface area contributed by atoms with Crippen LogP contribution in [0.2, 0.25) is 5.02 Å². The van der Waals surface area contributed by atoms with Crippen molar-refractivity contribution < 1.29 is 19.1 Å². The van der Waals surface area contributed by atoms with Crippen LogP contribution in [0.15, 0.2) is 54.1 Å². The molecule has 0 atom stereocenters. The summed E-state index contributed by atoms with van der Waals surface area (Å²) in [6.07, 6.45) is 11.4. The van der Waals surface area contributed by atoms with Crippen molar-refractivity contribution in [3.8, 4) is 0 Å². The molecule has 37 heavy (non-hydrogen) atoms. The SMILES string of the molecule is CCCCCCCCCC(=O)OC1=C(C2CCC(c3ccc(Cl)cc3)CC2)C(=O)C(=O)c2ccccc21. The van der Waals surface area contributed by atoms with Gasteiger partial charge >= 0.3 is 5.97 Å². The van der Waals surface area contributed by atoms with Gasteiger partial charge in [-0.25, -0.2) is 0 Å². The van der Waals surface area contributed by atoms with Gasteiger partial charge in [0.15, 0.2) is 0 Å². The number of unbranched alkanes of at least 4 members (excludes halogenated alkanes) is 6. The van der Waals surface area contributed by atoms with Crippen molar-refractivity contribution in [2.24, 2.45) is 5.92 Å². The van der Waals surface area contributed by atoms with Gasteiger partial charge in [0.25, 0.3) is 0 Å². The number of ether oxygens (including phenoxy) is 1. The summed E-state index contributed by atoms with van der Waals surface area (Å²) in [5.74, 6) is -0.755. The minimum absolute atomic E-state index is 0.102. The largest absolute Gasteiger partial charge is 0.425 e. The standard InChI is InChI=1S/C32H37ClO4/c1-2-3-4-5-6-7-8-13-28(34)37-32-27-12-10-9-11-26(27)30(35)31(36)29(32)24-16-14-22(15-17-24)23-18-20-25(33)21-19-23/h9-12,18-22,24H,2-8,13-17H2,1H3. The maximum absolute atomic E-state index is 13.3. The monoisotopic (exact) mass is 520 g/mol. The van der Waals surface area contributed by atoms with Crippen LogP contribution in [0, 0.1) is 5.92 Å². The lowest BCUT2D eigenvalue weighted by atomic mass is 9.72. The summed E-state index contributed by atoms with van der Waals surface area (Å²) in [5, 5.41) is 0.718. The fourth-order valence-electron chi connectivity index (χ4n) is 5.69. The average Bonchev–Trinajstić information content (AvgIpc) is 2.92. The second-order valence-corrected chi connectivity index (χ2v) is 10.8. The van der Waals surface area contributed by atoms with Gasteiger partial charge in [0.1, 0.15) is 5.76 Å². The molecule has 2 aliphatic rings. The molecular formula is C32H37ClO4. The maximum atomic E-state index is 13.3. The summed E-state index contributed by atoms with van der Waals surface area (Å²) < 4.78 is 5.93. The van der Waals surface area contributed by atoms with Crippen LogP contribution in [0.1, 0.15) is 111 Å². The highest BCUT2D eigenvalue weighted by molar-refractivity contribution is 6.52. The highest BCUT2D eigenvalue weighted by Crippen LogP contribution is 2.43. The van der Waals surface area contributed by atoms with E-state index in [-0.39, 0.29) is 11.9 Å². The van der Waals surface area contributed by atoms with Gasteiger partial charge < -0.3 is 4.74 Å². The lowest BCUT2D eigenvalue weighted by Gasteiger charge is -2.32. The van der Waals surface area contributed by atoms with Crippen LogP contribution in [0.3, 0.4) is 0 Å². The third-order valence-corrected chi connectivity index (χ3v) is 8.04. The molecule has 4 nitrogen and oxygen atoms in total. The Morgan fingerprint density at radius 3 is 2.05 bits per heavy atom. The molecule has 4 rings (SSSR count). The average molecular weight is 521 g/mol. The fraction of sp³-hybridized carbons (Fsp3) is 0.469. The van der Waals surface area contributed by atoms with Crippen molar-refractivity contribution in [1.29, 1.82) is 0 Å².